The predicted octanol–water partition coefficient (Wildman–Crippen LogP) is 1.36. The lowest BCUT2D eigenvalue weighted by Gasteiger charge is -2.42. The molecule has 0 atom stereocenters. The van der Waals surface area contributed by atoms with E-state index in [0.717, 1.165) is 36.2 Å². The minimum absolute atomic E-state index is 0.737. The summed E-state index contributed by atoms with van der Waals surface area (Å²) in [7, 11) is 2.22. The van der Waals surface area contributed by atoms with Gasteiger partial charge in [-0.2, -0.15) is 5.10 Å². The highest BCUT2D eigenvalue weighted by Crippen LogP contribution is 2.29. The maximum atomic E-state index is 5.85. The molecule has 0 amide bonds. The van der Waals surface area contributed by atoms with Crippen LogP contribution in [0.2, 0.25) is 0 Å². The predicted molar refractivity (Wildman–Crippen MR) is 94.8 cm³/mol. The van der Waals surface area contributed by atoms with Gasteiger partial charge in [-0.25, -0.2) is 0 Å². The highest BCUT2D eigenvalue weighted by molar-refractivity contribution is 5.92. The molecule has 1 aromatic heterocycles. The number of hydrogen-bond donors (Lipinski definition) is 2. The molecule has 2 saturated heterocycles. The van der Waals surface area contributed by atoms with Crippen molar-refractivity contribution < 1.29 is 0 Å². The second kappa shape index (κ2) is 6.02. The molecule has 2 aromatic rings. The minimum atomic E-state index is 0.737. The number of nitrogens with two attached hydrogens (primary N) is 1. The lowest BCUT2D eigenvalue weighted by Crippen LogP contribution is -2.52. The summed E-state index contributed by atoms with van der Waals surface area (Å²) in [4.78, 5) is 7.52. The van der Waals surface area contributed by atoms with Crippen LogP contribution < -0.4 is 10.6 Å². The average molecular weight is 314 g/mol. The Kier molecular flexibility index (Phi) is 3.87. The van der Waals surface area contributed by atoms with Gasteiger partial charge in [-0.1, -0.05) is 0 Å². The summed E-state index contributed by atoms with van der Waals surface area (Å²) in [5, 5.41) is 8.83. The number of aromatic amines is 1. The highest BCUT2D eigenvalue weighted by atomic mass is 15.3. The number of aromatic nitrogens is 2. The van der Waals surface area contributed by atoms with Crippen molar-refractivity contribution in [2.75, 3.05) is 56.9 Å². The van der Waals surface area contributed by atoms with Crippen LogP contribution in [-0.4, -0.2) is 72.4 Å². The second-order valence-corrected chi connectivity index (χ2v) is 6.91. The Morgan fingerprint density at radius 3 is 2.57 bits per heavy atom. The van der Waals surface area contributed by atoms with E-state index >= 15 is 0 Å². The van der Waals surface area contributed by atoms with Gasteiger partial charge in [0.05, 0.1) is 5.52 Å². The van der Waals surface area contributed by atoms with Crippen LogP contribution in [0.25, 0.3) is 10.9 Å². The van der Waals surface area contributed by atoms with E-state index in [2.05, 4.69) is 38.0 Å². The topological polar surface area (TPSA) is 64.4 Å². The van der Waals surface area contributed by atoms with Crippen molar-refractivity contribution in [3.63, 3.8) is 0 Å². The van der Waals surface area contributed by atoms with Crippen molar-refractivity contribution in [1.82, 2.24) is 20.0 Å². The number of H-pyrrole nitrogens is 1. The fraction of sp³-hybridized carbons (Fsp3) is 0.588. The zero-order chi connectivity index (χ0) is 15.8. The number of nitrogen functional groups attached to an aromatic ring is 1. The van der Waals surface area contributed by atoms with E-state index in [1.165, 1.54) is 44.4 Å². The second-order valence-electron chi connectivity index (χ2n) is 6.91. The molecule has 2 aliphatic heterocycles. The van der Waals surface area contributed by atoms with Crippen LogP contribution in [0.5, 0.6) is 0 Å². The van der Waals surface area contributed by atoms with Gasteiger partial charge in [-0.15, -0.1) is 0 Å². The van der Waals surface area contributed by atoms with E-state index in [4.69, 9.17) is 5.73 Å². The molecule has 6 nitrogen and oxygen atoms in total. The van der Waals surface area contributed by atoms with Crippen LogP contribution in [-0.2, 0) is 0 Å². The maximum absolute atomic E-state index is 5.85. The van der Waals surface area contributed by atoms with Gasteiger partial charge in [0.2, 0.25) is 0 Å². The average Bonchev–Trinajstić information content (AvgIpc) is 2.99. The molecular weight excluding hydrogens is 288 g/mol. The Morgan fingerprint density at radius 1 is 1.09 bits per heavy atom. The van der Waals surface area contributed by atoms with Gasteiger partial charge >= 0.3 is 0 Å². The molecule has 0 saturated carbocycles. The molecular formula is C17H26N6. The molecule has 3 N–H and O–H groups in total. The molecule has 0 radical (unpaired) electrons. The lowest BCUT2D eigenvalue weighted by molar-refractivity contribution is 0.0981. The monoisotopic (exact) mass is 314 g/mol. The number of nitrogens with one attached hydrogen (secondary N) is 1. The molecule has 2 fully saturated rings. The first-order valence-electron chi connectivity index (χ1n) is 8.62. The third kappa shape index (κ3) is 2.88. The quantitative estimate of drug-likeness (QED) is 0.820. The molecule has 0 unspecified atom stereocenters. The first-order chi connectivity index (χ1) is 11.2. The van der Waals surface area contributed by atoms with Crippen LogP contribution >= 0.6 is 0 Å². The Balaban J connectivity index is 1.42. The number of anilines is 2. The molecule has 4 rings (SSSR count). The minimum Gasteiger partial charge on any atom is -0.399 e. The molecule has 0 aliphatic carbocycles. The summed E-state index contributed by atoms with van der Waals surface area (Å²) in [6.45, 7) is 7.00. The van der Waals surface area contributed by atoms with Crippen molar-refractivity contribution >= 4 is 22.4 Å². The Bertz CT molecular complexity index is 665. The number of hydrogen-bond acceptors (Lipinski definition) is 5. The maximum Gasteiger partial charge on any atom is 0.158 e. The van der Waals surface area contributed by atoms with E-state index in [-0.39, 0.29) is 0 Å². The number of benzene rings is 1. The number of piperidine rings is 1. The van der Waals surface area contributed by atoms with Crippen LogP contribution in [0.4, 0.5) is 11.5 Å². The summed E-state index contributed by atoms with van der Waals surface area (Å²) in [5.74, 6) is 1.08. The number of nitrogens with zero attached hydrogens (tertiary/aromatic N) is 4. The standard InChI is InChI=1S/C17H26N6/c1-21-8-10-22(11-9-21)14-4-6-23(7-5-14)17-15-3-2-13(18)12-16(15)19-20-17/h2-3,12,14H,4-11,18H2,1H3,(H,19,20). The molecule has 1 aromatic carbocycles. The zero-order valence-electron chi connectivity index (χ0n) is 13.8. The van der Waals surface area contributed by atoms with Gasteiger partial charge < -0.3 is 15.5 Å². The summed E-state index contributed by atoms with van der Waals surface area (Å²) >= 11 is 0. The number of piperazine rings is 1. The molecule has 2 aliphatic rings. The van der Waals surface area contributed by atoms with Crippen molar-refractivity contribution in [2.24, 2.45) is 0 Å². The van der Waals surface area contributed by atoms with Crippen molar-refractivity contribution in [3.05, 3.63) is 18.2 Å². The van der Waals surface area contributed by atoms with Crippen LogP contribution in [0, 0.1) is 0 Å². The van der Waals surface area contributed by atoms with Gasteiger partial charge in [0, 0.05) is 56.4 Å². The van der Waals surface area contributed by atoms with Gasteiger partial charge in [0.15, 0.2) is 5.82 Å². The van der Waals surface area contributed by atoms with Gasteiger partial charge in [-0.3, -0.25) is 10.00 Å². The van der Waals surface area contributed by atoms with Gasteiger partial charge in [-0.05, 0) is 38.1 Å². The summed E-state index contributed by atoms with van der Waals surface area (Å²) < 4.78 is 0. The Labute approximate surface area is 137 Å². The molecule has 23 heavy (non-hydrogen) atoms. The van der Waals surface area contributed by atoms with E-state index < -0.39 is 0 Å². The normalized spacial score (nSPS) is 22.0. The van der Waals surface area contributed by atoms with Crippen LogP contribution in [0.3, 0.4) is 0 Å². The highest BCUT2D eigenvalue weighted by Gasteiger charge is 2.27. The van der Waals surface area contributed by atoms with Crippen molar-refractivity contribution in [2.45, 2.75) is 18.9 Å². The van der Waals surface area contributed by atoms with E-state index in [9.17, 15) is 0 Å². The molecule has 124 valence electrons. The van der Waals surface area contributed by atoms with Crippen molar-refractivity contribution in [3.8, 4) is 0 Å². The van der Waals surface area contributed by atoms with Crippen LogP contribution in [0.15, 0.2) is 18.2 Å². The number of fused-ring (bicyclic) bond motifs is 1. The zero-order valence-corrected chi connectivity index (χ0v) is 13.8. The Morgan fingerprint density at radius 2 is 1.83 bits per heavy atom. The largest absolute Gasteiger partial charge is 0.399 e. The summed E-state index contributed by atoms with van der Waals surface area (Å²) in [5.41, 5.74) is 7.66. The Hall–Kier alpha value is -1.79. The molecule has 3 heterocycles. The third-order valence-corrected chi connectivity index (χ3v) is 5.39. The third-order valence-electron chi connectivity index (χ3n) is 5.39. The number of rotatable bonds is 2. The smallest absolute Gasteiger partial charge is 0.158 e. The lowest BCUT2D eigenvalue weighted by atomic mass is 10.0. The number of likely N-dealkylation sites (N-methyl/N-ethyl adjacent to an activating group) is 1. The molecule has 6 heteroatoms. The van der Waals surface area contributed by atoms with E-state index in [1.54, 1.807) is 0 Å². The fourth-order valence-corrected chi connectivity index (χ4v) is 3.89. The first-order valence-corrected chi connectivity index (χ1v) is 8.62. The van der Waals surface area contributed by atoms with E-state index in [1.807, 2.05) is 12.1 Å². The van der Waals surface area contributed by atoms with Gasteiger partial charge in [0.1, 0.15) is 0 Å². The van der Waals surface area contributed by atoms with Crippen LogP contribution in [0.1, 0.15) is 12.8 Å². The molecule has 0 bridgehead atoms. The van der Waals surface area contributed by atoms with Crippen molar-refractivity contribution in [1.29, 1.82) is 0 Å². The summed E-state index contributed by atoms with van der Waals surface area (Å²) in [6.07, 6.45) is 2.46. The molecule has 0 spiro atoms. The SMILES string of the molecule is CN1CCN(C2CCN(c3n[nH]c4cc(N)ccc34)CC2)CC1. The van der Waals surface area contributed by atoms with E-state index in [0.29, 0.717) is 0 Å². The summed E-state index contributed by atoms with van der Waals surface area (Å²) in [6, 6.07) is 6.73. The first kappa shape index (κ1) is 14.8. The fourth-order valence-electron chi connectivity index (χ4n) is 3.89. The van der Waals surface area contributed by atoms with Gasteiger partial charge in [0.25, 0.3) is 0 Å².